The standard InChI is InChI=1S/C7H13N5O3/c8-3(1-5(10)14)7-11-6(12-15-7)4(9)2-13/h3-4,13H,1-2,8-9H2,(H2,10,14)/t3?,4-/m0/s1. The maximum atomic E-state index is 10.6. The Kier molecular flexibility index (Phi) is 3.72. The molecule has 0 aromatic carbocycles. The number of carbonyl (C=O) groups excluding carboxylic acids is 1. The van der Waals surface area contributed by atoms with Crippen molar-refractivity contribution in [2.45, 2.75) is 18.5 Å². The largest absolute Gasteiger partial charge is 0.394 e. The van der Waals surface area contributed by atoms with Gasteiger partial charge in [0.2, 0.25) is 11.8 Å². The van der Waals surface area contributed by atoms with Gasteiger partial charge in [-0.1, -0.05) is 5.16 Å². The summed E-state index contributed by atoms with van der Waals surface area (Å²) in [6.07, 6.45) is -0.0873. The summed E-state index contributed by atoms with van der Waals surface area (Å²) in [4.78, 5) is 14.4. The number of hydrogen-bond acceptors (Lipinski definition) is 7. The molecule has 0 saturated carbocycles. The van der Waals surface area contributed by atoms with E-state index in [4.69, 9.17) is 26.8 Å². The van der Waals surface area contributed by atoms with Crippen LogP contribution in [0.3, 0.4) is 0 Å². The molecule has 0 aliphatic heterocycles. The second-order valence-corrected chi connectivity index (χ2v) is 3.06. The molecule has 84 valence electrons. The van der Waals surface area contributed by atoms with Crippen molar-refractivity contribution in [3.63, 3.8) is 0 Å². The van der Waals surface area contributed by atoms with Crippen LogP contribution in [0.15, 0.2) is 4.52 Å². The van der Waals surface area contributed by atoms with Crippen molar-refractivity contribution < 1.29 is 14.4 Å². The molecule has 2 atom stereocenters. The first-order valence-electron chi connectivity index (χ1n) is 4.28. The molecule has 1 aromatic heterocycles. The molecule has 0 bridgehead atoms. The van der Waals surface area contributed by atoms with Crippen LogP contribution >= 0.6 is 0 Å². The SMILES string of the molecule is NC(=O)CC(N)c1nc([C@@H](N)CO)no1. The molecular weight excluding hydrogens is 202 g/mol. The van der Waals surface area contributed by atoms with Crippen molar-refractivity contribution >= 4 is 5.91 Å². The summed E-state index contributed by atoms with van der Waals surface area (Å²) in [5.74, 6) is -0.339. The van der Waals surface area contributed by atoms with Gasteiger partial charge in [-0.15, -0.1) is 0 Å². The number of carbonyl (C=O) groups is 1. The van der Waals surface area contributed by atoms with E-state index in [0.717, 1.165) is 0 Å². The van der Waals surface area contributed by atoms with Crippen LogP contribution in [0.1, 0.15) is 30.2 Å². The van der Waals surface area contributed by atoms with Crippen molar-refractivity contribution in [1.82, 2.24) is 10.1 Å². The fourth-order valence-electron chi connectivity index (χ4n) is 0.934. The van der Waals surface area contributed by atoms with Crippen molar-refractivity contribution in [2.75, 3.05) is 6.61 Å². The number of aliphatic hydroxyl groups excluding tert-OH is 1. The van der Waals surface area contributed by atoms with Gasteiger partial charge >= 0.3 is 0 Å². The summed E-state index contributed by atoms with van der Waals surface area (Å²) in [5.41, 5.74) is 15.9. The quantitative estimate of drug-likeness (QED) is 0.440. The Morgan fingerprint density at radius 3 is 2.67 bits per heavy atom. The van der Waals surface area contributed by atoms with E-state index in [1.807, 2.05) is 0 Å². The molecular formula is C7H13N5O3. The lowest BCUT2D eigenvalue weighted by Gasteiger charge is -2.02. The molecule has 0 radical (unpaired) electrons. The van der Waals surface area contributed by atoms with Gasteiger partial charge in [-0.05, 0) is 0 Å². The monoisotopic (exact) mass is 215 g/mol. The highest BCUT2D eigenvalue weighted by molar-refractivity contribution is 5.74. The Bertz CT molecular complexity index is 339. The molecule has 0 aliphatic rings. The topological polar surface area (TPSA) is 154 Å². The Balaban J connectivity index is 2.70. The van der Waals surface area contributed by atoms with E-state index < -0.39 is 18.0 Å². The van der Waals surface area contributed by atoms with E-state index in [2.05, 4.69) is 10.1 Å². The average Bonchev–Trinajstić information content (AvgIpc) is 2.64. The van der Waals surface area contributed by atoms with Crippen LogP contribution in [0.4, 0.5) is 0 Å². The van der Waals surface area contributed by atoms with Crippen molar-refractivity contribution in [3.8, 4) is 0 Å². The smallest absolute Gasteiger partial charge is 0.244 e. The number of aliphatic hydroxyl groups is 1. The average molecular weight is 215 g/mol. The van der Waals surface area contributed by atoms with Crippen molar-refractivity contribution in [3.05, 3.63) is 11.7 Å². The molecule has 8 heteroatoms. The third-order valence-electron chi connectivity index (χ3n) is 1.72. The Hall–Kier alpha value is -1.51. The predicted molar refractivity (Wildman–Crippen MR) is 49.1 cm³/mol. The van der Waals surface area contributed by atoms with Gasteiger partial charge in [0.15, 0.2) is 5.82 Å². The number of nitrogens with two attached hydrogens (primary N) is 3. The molecule has 1 unspecified atom stereocenters. The lowest BCUT2D eigenvalue weighted by molar-refractivity contribution is -0.118. The van der Waals surface area contributed by atoms with Gasteiger partial charge < -0.3 is 26.8 Å². The maximum absolute atomic E-state index is 10.6. The van der Waals surface area contributed by atoms with Crippen LogP contribution in [-0.2, 0) is 4.79 Å². The first kappa shape index (κ1) is 11.6. The summed E-state index contributed by atoms with van der Waals surface area (Å²) in [7, 11) is 0. The molecule has 1 rings (SSSR count). The number of nitrogens with zero attached hydrogens (tertiary/aromatic N) is 2. The van der Waals surface area contributed by atoms with Crippen LogP contribution in [0, 0.1) is 0 Å². The Morgan fingerprint density at radius 2 is 2.13 bits per heavy atom. The first-order chi connectivity index (χ1) is 7.04. The van der Waals surface area contributed by atoms with Crippen molar-refractivity contribution in [1.29, 1.82) is 0 Å². The summed E-state index contributed by atoms with van der Waals surface area (Å²) in [6.45, 7) is -0.302. The minimum atomic E-state index is -0.741. The van der Waals surface area contributed by atoms with E-state index >= 15 is 0 Å². The van der Waals surface area contributed by atoms with Crippen LogP contribution < -0.4 is 17.2 Å². The number of hydrogen-bond donors (Lipinski definition) is 4. The zero-order chi connectivity index (χ0) is 11.4. The van der Waals surface area contributed by atoms with E-state index in [9.17, 15) is 4.79 Å². The van der Waals surface area contributed by atoms with Gasteiger partial charge in [0.1, 0.15) is 0 Å². The zero-order valence-corrected chi connectivity index (χ0v) is 7.96. The molecule has 7 N–H and O–H groups in total. The second kappa shape index (κ2) is 4.82. The molecule has 8 nitrogen and oxygen atoms in total. The molecule has 0 spiro atoms. The number of rotatable bonds is 5. The van der Waals surface area contributed by atoms with E-state index in [0.29, 0.717) is 0 Å². The molecule has 0 fully saturated rings. The number of amides is 1. The Morgan fingerprint density at radius 1 is 1.47 bits per heavy atom. The molecule has 1 aromatic rings. The van der Waals surface area contributed by atoms with Crippen LogP contribution in [0.5, 0.6) is 0 Å². The summed E-state index contributed by atoms with van der Waals surface area (Å²) in [6, 6.07) is -1.46. The van der Waals surface area contributed by atoms with Gasteiger partial charge in [-0.3, -0.25) is 4.79 Å². The minimum absolute atomic E-state index is 0.0766. The first-order valence-corrected chi connectivity index (χ1v) is 4.28. The third-order valence-corrected chi connectivity index (χ3v) is 1.72. The fraction of sp³-hybridized carbons (Fsp3) is 0.571. The highest BCUT2D eigenvalue weighted by atomic mass is 16.5. The summed E-state index contributed by atoms with van der Waals surface area (Å²) < 4.78 is 4.77. The van der Waals surface area contributed by atoms with E-state index in [1.54, 1.807) is 0 Å². The zero-order valence-electron chi connectivity index (χ0n) is 7.96. The van der Waals surface area contributed by atoms with Crippen LogP contribution in [0.25, 0.3) is 0 Å². The van der Waals surface area contributed by atoms with Crippen LogP contribution in [0.2, 0.25) is 0 Å². The molecule has 0 saturated heterocycles. The summed E-state index contributed by atoms with van der Waals surface area (Å²) >= 11 is 0. The highest BCUT2D eigenvalue weighted by Gasteiger charge is 2.19. The van der Waals surface area contributed by atoms with E-state index in [1.165, 1.54) is 0 Å². The normalized spacial score (nSPS) is 14.9. The highest BCUT2D eigenvalue weighted by Crippen LogP contribution is 2.13. The van der Waals surface area contributed by atoms with Gasteiger partial charge in [-0.25, -0.2) is 0 Å². The van der Waals surface area contributed by atoms with E-state index in [-0.39, 0.29) is 24.7 Å². The van der Waals surface area contributed by atoms with Gasteiger partial charge in [-0.2, -0.15) is 4.98 Å². The van der Waals surface area contributed by atoms with Gasteiger partial charge in [0, 0.05) is 0 Å². The Labute approximate surface area is 85.4 Å². The third kappa shape index (κ3) is 2.98. The lowest BCUT2D eigenvalue weighted by Crippen LogP contribution is -2.21. The summed E-state index contributed by atoms with van der Waals surface area (Å²) in [5, 5.41) is 12.2. The minimum Gasteiger partial charge on any atom is -0.394 e. The van der Waals surface area contributed by atoms with Gasteiger partial charge in [0.25, 0.3) is 0 Å². The fourth-order valence-corrected chi connectivity index (χ4v) is 0.934. The number of aromatic nitrogens is 2. The van der Waals surface area contributed by atoms with Crippen LogP contribution in [-0.4, -0.2) is 27.8 Å². The number of primary amides is 1. The molecule has 1 amide bonds. The molecule has 0 aliphatic carbocycles. The molecule has 1 heterocycles. The second-order valence-electron chi connectivity index (χ2n) is 3.06. The predicted octanol–water partition coefficient (Wildman–Crippen LogP) is -2.06. The maximum Gasteiger partial charge on any atom is 0.244 e. The van der Waals surface area contributed by atoms with Gasteiger partial charge in [0.05, 0.1) is 25.1 Å². The lowest BCUT2D eigenvalue weighted by atomic mass is 10.2. The molecule has 15 heavy (non-hydrogen) atoms. The van der Waals surface area contributed by atoms with Crippen molar-refractivity contribution in [2.24, 2.45) is 17.2 Å².